The van der Waals surface area contributed by atoms with Crippen molar-refractivity contribution >= 4 is 33.2 Å². The number of hydrogen-bond donors (Lipinski definition) is 2. The van der Waals surface area contributed by atoms with Crippen molar-refractivity contribution in [3.8, 4) is 5.75 Å². The van der Waals surface area contributed by atoms with Crippen LogP contribution in [0.1, 0.15) is 22.3 Å². The first-order valence-electron chi connectivity index (χ1n) is 10.4. The van der Waals surface area contributed by atoms with Crippen molar-refractivity contribution in [2.45, 2.75) is 38.1 Å². The summed E-state index contributed by atoms with van der Waals surface area (Å²) in [5, 5.41) is 3.16. The lowest BCUT2D eigenvalue weighted by Gasteiger charge is -2.21. The normalized spacial score (nSPS) is 12.3. The van der Waals surface area contributed by atoms with Crippen molar-refractivity contribution < 1.29 is 17.9 Å². The third-order valence-corrected chi connectivity index (χ3v) is 6.96. The molecule has 1 atom stereocenters. The lowest BCUT2D eigenvalue weighted by molar-refractivity contribution is -0.117. The number of sulfonamides is 1. The van der Waals surface area contributed by atoms with E-state index in [-0.39, 0.29) is 22.1 Å². The number of aryl methyl sites for hydroxylation is 3. The highest BCUT2D eigenvalue weighted by Crippen LogP contribution is 2.28. The number of benzene rings is 3. The number of carbonyl (C=O) groups excluding carboxylic acids is 1. The molecule has 0 aliphatic heterocycles. The number of anilines is 1. The monoisotopic (exact) mass is 486 g/mol. The van der Waals surface area contributed by atoms with Crippen LogP contribution in [0.25, 0.3) is 0 Å². The molecule has 0 fully saturated rings. The van der Waals surface area contributed by atoms with Gasteiger partial charge in [0.2, 0.25) is 15.9 Å². The Balaban J connectivity index is 1.96. The first kappa shape index (κ1) is 24.8. The van der Waals surface area contributed by atoms with Crippen LogP contribution in [0, 0.1) is 20.8 Å². The van der Waals surface area contributed by atoms with Crippen LogP contribution in [0.2, 0.25) is 5.02 Å². The van der Waals surface area contributed by atoms with Crippen molar-refractivity contribution in [2.24, 2.45) is 0 Å². The van der Waals surface area contributed by atoms with Crippen molar-refractivity contribution in [3.05, 3.63) is 87.9 Å². The predicted octanol–water partition coefficient (Wildman–Crippen LogP) is 4.80. The Kier molecular flexibility index (Phi) is 7.79. The molecule has 2 N–H and O–H groups in total. The maximum Gasteiger partial charge on any atom is 0.245 e. The summed E-state index contributed by atoms with van der Waals surface area (Å²) >= 11 is 6.04. The van der Waals surface area contributed by atoms with Gasteiger partial charge in [-0.15, -0.1) is 0 Å². The topological polar surface area (TPSA) is 84.5 Å². The number of hydrogen-bond acceptors (Lipinski definition) is 4. The number of halogens is 1. The molecular weight excluding hydrogens is 460 g/mol. The molecule has 1 amide bonds. The largest absolute Gasteiger partial charge is 0.495 e. The van der Waals surface area contributed by atoms with Crippen molar-refractivity contribution in [1.82, 2.24) is 4.72 Å². The molecular formula is C25H27ClN2O4S. The van der Waals surface area contributed by atoms with Gasteiger partial charge in [0, 0.05) is 10.7 Å². The zero-order valence-electron chi connectivity index (χ0n) is 19.0. The molecule has 3 aromatic carbocycles. The van der Waals surface area contributed by atoms with Gasteiger partial charge in [-0.3, -0.25) is 4.79 Å². The highest BCUT2D eigenvalue weighted by Gasteiger charge is 2.29. The third kappa shape index (κ3) is 6.13. The van der Waals surface area contributed by atoms with E-state index in [0.29, 0.717) is 5.69 Å². The Hall–Kier alpha value is -2.87. The van der Waals surface area contributed by atoms with E-state index in [1.165, 1.54) is 25.3 Å². The van der Waals surface area contributed by atoms with Gasteiger partial charge in [0.25, 0.3) is 0 Å². The Labute approximate surface area is 200 Å². The Morgan fingerprint density at radius 3 is 2.24 bits per heavy atom. The number of carbonyl (C=O) groups is 1. The van der Waals surface area contributed by atoms with Gasteiger partial charge in [0.05, 0.1) is 7.11 Å². The van der Waals surface area contributed by atoms with Crippen LogP contribution >= 0.6 is 11.6 Å². The fourth-order valence-corrected chi connectivity index (χ4v) is 5.36. The highest BCUT2D eigenvalue weighted by molar-refractivity contribution is 7.89. The fraction of sp³-hybridized carbons (Fsp3) is 0.240. The van der Waals surface area contributed by atoms with E-state index in [1.54, 1.807) is 0 Å². The summed E-state index contributed by atoms with van der Waals surface area (Å²) in [5.41, 5.74) is 4.37. The quantitative estimate of drug-likeness (QED) is 0.479. The van der Waals surface area contributed by atoms with Crippen LogP contribution in [0.15, 0.2) is 65.6 Å². The van der Waals surface area contributed by atoms with Gasteiger partial charge < -0.3 is 10.1 Å². The summed E-state index contributed by atoms with van der Waals surface area (Å²) in [6, 6.07) is 16.4. The fourth-order valence-electron chi connectivity index (χ4n) is 3.74. The maximum absolute atomic E-state index is 13.3. The number of rotatable bonds is 8. The molecule has 3 aromatic rings. The zero-order valence-corrected chi connectivity index (χ0v) is 20.5. The SMILES string of the molecule is COc1ccc(Cl)cc1S(=O)(=O)N[C@H](Cc1ccccc1)C(=O)Nc1c(C)cc(C)cc1C. The van der Waals surface area contributed by atoms with E-state index < -0.39 is 22.0 Å². The number of ether oxygens (including phenoxy) is 1. The Morgan fingerprint density at radius 2 is 1.64 bits per heavy atom. The maximum atomic E-state index is 13.3. The van der Waals surface area contributed by atoms with Crippen LogP contribution < -0.4 is 14.8 Å². The summed E-state index contributed by atoms with van der Waals surface area (Å²) in [6.07, 6.45) is 0.165. The highest BCUT2D eigenvalue weighted by atomic mass is 35.5. The summed E-state index contributed by atoms with van der Waals surface area (Å²) < 4.78 is 34.3. The smallest absolute Gasteiger partial charge is 0.245 e. The van der Waals surface area contributed by atoms with Crippen LogP contribution in [-0.2, 0) is 21.2 Å². The van der Waals surface area contributed by atoms with Gasteiger partial charge in [-0.25, -0.2) is 8.42 Å². The van der Waals surface area contributed by atoms with E-state index in [1.807, 2.05) is 63.2 Å². The van der Waals surface area contributed by atoms with Gasteiger partial charge in [0.1, 0.15) is 16.7 Å². The number of methoxy groups -OCH3 is 1. The van der Waals surface area contributed by atoms with Crippen LogP contribution in [0.4, 0.5) is 5.69 Å². The van der Waals surface area contributed by atoms with Crippen molar-refractivity contribution in [2.75, 3.05) is 12.4 Å². The average Bonchev–Trinajstić information content (AvgIpc) is 2.76. The molecule has 3 rings (SSSR count). The predicted molar refractivity (Wildman–Crippen MR) is 132 cm³/mol. The Morgan fingerprint density at radius 1 is 1.00 bits per heavy atom. The molecule has 0 aliphatic carbocycles. The number of amides is 1. The van der Waals surface area contributed by atoms with E-state index in [4.69, 9.17) is 16.3 Å². The minimum Gasteiger partial charge on any atom is -0.495 e. The molecule has 0 bridgehead atoms. The molecule has 174 valence electrons. The second-order valence-electron chi connectivity index (χ2n) is 7.92. The molecule has 0 aliphatic rings. The molecule has 0 saturated heterocycles. The van der Waals surface area contributed by atoms with Crippen molar-refractivity contribution in [3.63, 3.8) is 0 Å². The molecule has 0 unspecified atom stereocenters. The molecule has 0 aromatic heterocycles. The van der Waals surface area contributed by atoms with Gasteiger partial charge in [0.15, 0.2) is 0 Å². The third-order valence-electron chi connectivity index (χ3n) is 5.24. The van der Waals surface area contributed by atoms with Gasteiger partial charge in [-0.2, -0.15) is 4.72 Å². The van der Waals surface area contributed by atoms with Crippen LogP contribution in [0.5, 0.6) is 5.75 Å². The van der Waals surface area contributed by atoms with E-state index in [9.17, 15) is 13.2 Å². The number of nitrogens with one attached hydrogen (secondary N) is 2. The van der Waals surface area contributed by atoms with E-state index in [0.717, 1.165) is 22.3 Å². The average molecular weight is 487 g/mol. The van der Waals surface area contributed by atoms with Gasteiger partial charge in [-0.1, -0.05) is 59.6 Å². The molecule has 8 heteroatoms. The minimum absolute atomic E-state index is 0.133. The van der Waals surface area contributed by atoms with E-state index in [2.05, 4.69) is 10.0 Å². The minimum atomic E-state index is -4.13. The standard InChI is InChI=1S/C25H27ClN2O4S/c1-16-12-17(2)24(18(3)13-16)27-25(29)21(14-19-8-6-5-7-9-19)28-33(30,31)23-15-20(26)10-11-22(23)32-4/h5-13,15,21,28H,14H2,1-4H3,(H,27,29)/t21-/m1/s1. The lowest BCUT2D eigenvalue weighted by atomic mass is 10.0. The molecule has 6 nitrogen and oxygen atoms in total. The zero-order chi connectivity index (χ0) is 24.2. The first-order chi connectivity index (χ1) is 15.6. The van der Waals surface area contributed by atoms with Crippen LogP contribution in [0.3, 0.4) is 0 Å². The molecule has 0 radical (unpaired) electrons. The van der Waals surface area contributed by atoms with Crippen molar-refractivity contribution in [1.29, 1.82) is 0 Å². The second kappa shape index (κ2) is 10.4. The summed E-state index contributed by atoms with van der Waals surface area (Å²) in [4.78, 5) is 13.2. The molecule has 33 heavy (non-hydrogen) atoms. The summed E-state index contributed by atoms with van der Waals surface area (Å²) in [5.74, 6) is -0.325. The molecule has 0 saturated carbocycles. The Bertz CT molecular complexity index is 1240. The molecule has 0 heterocycles. The second-order valence-corrected chi connectivity index (χ2v) is 10.0. The first-order valence-corrected chi connectivity index (χ1v) is 12.3. The van der Waals surface area contributed by atoms with E-state index >= 15 is 0 Å². The van der Waals surface area contributed by atoms with Crippen LogP contribution in [-0.4, -0.2) is 27.5 Å². The van der Waals surface area contributed by atoms with Gasteiger partial charge >= 0.3 is 0 Å². The van der Waals surface area contributed by atoms with Gasteiger partial charge in [-0.05, 0) is 62.1 Å². The summed E-state index contributed by atoms with van der Waals surface area (Å²) in [6.45, 7) is 5.79. The lowest BCUT2D eigenvalue weighted by Crippen LogP contribution is -2.45. The molecule has 0 spiro atoms. The summed E-state index contributed by atoms with van der Waals surface area (Å²) in [7, 11) is -2.76.